The minimum absolute atomic E-state index is 0.157. The monoisotopic (exact) mass is 215 g/mol. The second-order valence-electron chi connectivity index (χ2n) is 2.96. The minimum Gasteiger partial charge on any atom is -0.476 e. The molecule has 2 N–H and O–H groups in total. The second kappa shape index (κ2) is 5.65. The van der Waals surface area contributed by atoms with Crippen molar-refractivity contribution in [1.82, 2.24) is 9.97 Å². The van der Waals surface area contributed by atoms with Gasteiger partial charge in [0.05, 0.1) is 12.8 Å². The fraction of sp³-hybridized carbons (Fsp3) is 0.556. The first kappa shape index (κ1) is 11.0. The summed E-state index contributed by atoms with van der Waals surface area (Å²) in [6.45, 7) is 2.75. The molecular weight excluding hydrogens is 202 g/mol. The van der Waals surface area contributed by atoms with Crippen LogP contribution in [0.1, 0.15) is 26.2 Å². The molecule has 1 rings (SSSR count). The van der Waals surface area contributed by atoms with Crippen molar-refractivity contribution in [3.8, 4) is 5.88 Å². The molecule has 0 unspecified atom stereocenters. The summed E-state index contributed by atoms with van der Waals surface area (Å²) in [5, 5.41) is 0.157. The van der Waals surface area contributed by atoms with Gasteiger partial charge in [-0.15, -0.1) is 0 Å². The molecule has 5 heteroatoms. The number of nitrogens with two attached hydrogens (primary N) is 1. The van der Waals surface area contributed by atoms with Crippen LogP contribution >= 0.6 is 11.6 Å². The average Bonchev–Trinajstić information content (AvgIpc) is 2.18. The Balaban J connectivity index is 2.45. The molecule has 0 aliphatic heterocycles. The van der Waals surface area contributed by atoms with Gasteiger partial charge in [-0.25, -0.2) is 4.98 Å². The van der Waals surface area contributed by atoms with Gasteiger partial charge < -0.3 is 10.5 Å². The second-order valence-corrected chi connectivity index (χ2v) is 3.29. The van der Waals surface area contributed by atoms with Crippen LogP contribution in [0.15, 0.2) is 6.20 Å². The smallest absolute Gasteiger partial charge is 0.241 e. The number of rotatable bonds is 5. The van der Waals surface area contributed by atoms with Crippen LogP contribution in [-0.2, 0) is 0 Å². The number of hydrogen-bond acceptors (Lipinski definition) is 4. The van der Waals surface area contributed by atoms with Gasteiger partial charge in [-0.2, -0.15) is 4.98 Å². The highest BCUT2D eigenvalue weighted by molar-refractivity contribution is 6.28. The molecule has 0 aliphatic rings. The molecule has 0 atom stereocenters. The standard InChI is InChI=1S/C9H14ClN3O/c1-2-3-4-5-14-8-7(11)6-12-9(10)13-8/h6H,2-5,11H2,1H3. The van der Waals surface area contributed by atoms with Crippen molar-refractivity contribution in [3.63, 3.8) is 0 Å². The molecule has 0 amide bonds. The predicted octanol–water partition coefficient (Wildman–Crippen LogP) is 2.28. The van der Waals surface area contributed by atoms with Gasteiger partial charge in [0.1, 0.15) is 5.69 Å². The SMILES string of the molecule is CCCCCOc1nc(Cl)ncc1N. The van der Waals surface area contributed by atoms with E-state index in [0.29, 0.717) is 18.2 Å². The zero-order valence-corrected chi connectivity index (χ0v) is 8.92. The van der Waals surface area contributed by atoms with Crippen molar-refractivity contribution >= 4 is 17.3 Å². The van der Waals surface area contributed by atoms with Crippen LogP contribution in [0.4, 0.5) is 5.69 Å². The van der Waals surface area contributed by atoms with Crippen molar-refractivity contribution in [2.24, 2.45) is 0 Å². The summed E-state index contributed by atoms with van der Waals surface area (Å²) in [5.41, 5.74) is 6.02. The molecule has 0 fully saturated rings. The molecule has 0 radical (unpaired) electrons. The van der Waals surface area contributed by atoms with Crippen molar-refractivity contribution in [2.45, 2.75) is 26.2 Å². The van der Waals surface area contributed by atoms with E-state index in [-0.39, 0.29) is 5.28 Å². The van der Waals surface area contributed by atoms with Crippen LogP contribution in [0, 0.1) is 0 Å². The van der Waals surface area contributed by atoms with E-state index in [4.69, 9.17) is 22.1 Å². The Kier molecular flexibility index (Phi) is 4.46. The molecule has 0 bridgehead atoms. The minimum atomic E-state index is 0.157. The Bertz CT molecular complexity index is 293. The zero-order valence-electron chi connectivity index (χ0n) is 8.16. The summed E-state index contributed by atoms with van der Waals surface area (Å²) in [6.07, 6.45) is 4.74. The van der Waals surface area contributed by atoms with Gasteiger partial charge in [-0.1, -0.05) is 19.8 Å². The molecule has 0 aromatic carbocycles. The third-order valence-electron chi connectivity index (χ3n) is 1.74. The Morgan fingerprint density at radius 3 is 3.00 bits per heavy atom. The Morgan fingerprint density at radius 1 is 1.50 bits per heavy atom. The number of ether oxygens (including phenoxy) is 1. The van der Waals surface area contributed by atoms with Crippen molar-refractivity contribution < 1.29 is 4.74 Å². The van der Waals surface area contributed by atoms with E-state index in [0.717, 1.165) is 19.3 Å². The van der Waals surface area contributed by atoms with E-state index >= 15 is 0 Å². The quantitative estimate of drug-likeness (QED) is 0.605. The lowest BCUT2D eigenvalue weighted by Gasteiger charge is -2.06. The number of unbranched alkanes of at least 4 members (excludes halogenated alkanes) is 2. The van der Waals surface area contributed by atoms with Crippen LogP contribution in [0.2, 0.25) is 5.28 Å². The third-order valence-corrected chi connectivity index (χ3v) is 1.92. The molecule has 0 aliphatic carbocycles. The van der Waals surface area contributed by atoms with Gasteiger partial charge in [0.25, 0.3) is 0 Å². The van der Waals surface area contributed by atoms with E-state index in [2.05, 4.69) is 16.9 Å². The third kappa shape index (κ3) is 3.38. The number of nitrogens with zero attached hydrogens (tertiary/aromatic N) is 2. The summed E-state index contributed by atoms with van der Waals surface area (Å²) < 4.78 is 5.36. The fourth-order valence-electron chi connectivity index (χ4n) is 0.992. The maximum atomic E-state index is 5.60. The highest BCUT2D eigenvalue weighted by Crippen LogP contribution is 2.18. The number of aromatic nitrogens is 2. The van der Waals surface area contributed by atoms with Crippen molar-refractivity contribution in [3.05, 3.63) is 11.5 Å². The van der Waals surface area contributed by atoms with Gasteiger partial charge in [0.2, 0.25) is 11.2 Å². The van der Waals surface area contributed by atoms with E-state index in [1.54, 1.807) is 0 Å². The Labute approximate surface area is 88.5 Å². The van der Waals surface area contributed by atoms with Crippen LogP contribution in [0.5, 0.6) is 5.88 Å². The van der Waals surface area contributed by atoms with Gasteiger partial charge in [-0.3, -0.25) is 0 Å². The summed E-state index contributed by atoms with van der Waals surface area (Å²) in [7, 11) is 0. The highest BCUT2D eigenvalue weighted by atomic mass is 35.5. The lowest BCUT2D eigenvalue weighted by molar-refractivity contribution is 0.296. The largest absolute Gasteiger partial charge is 0.476 e. The molecule has 1 aromatic rings. The average molecular weight is 216 g/mol. The summed E-state index contributed by atoms with van der Waals surface area (Å²) in [6, 6.07) is 0. The zero-order chi connectivity index (χ0) is 10.4. The van der Waals surface area contributed by atoms with Gasteiger partial charge in [0, 0.05) is 0 Å². The molecular formula is C9H14ClN3O. The van der Waals surface area contributed by atoms with Gasteiger partial charge in [-0.05, 0) is 18.0 Å². The molecule has 0 saturated carbocycles. The van der Waals surface area contributed by atoms with Crippen LogP contribution in [0.25, 0.3) is 0 Å². The maximum absolute atomic E-state index is 5.60. The molecule has 0 saturated heterocycles. The molecule has 1 aromatic heterocycles. The molecule has 14 heavy (non-hydrogen) atoms. The molecule has 1 heterocycles. The number of nitrogen functional groups attached to an aromatic ring is 1. The first-order valence-corrected chi connectivity index (χ1v) is 5.02. The molecule has 0 spiro atoms. The van der Waals surface area contributed by atoms with Gasteiger partial charge in [0.15, 0.2) is 0 Å². The lowest BCUT2D eigenvalue weighted by atomic mass is 10.3. The number of halogens is 1. The normalized spacial score (nSPS) is 10.1. The maximum Gasteiger partial charge on any atom is 0.241 e. The Hall–Kier alpha value is -1.03. The molecule has 4 nitrogen and oxygen atoms in total. The number of hydrogen-bond donors (Lipinski definition) is 1. The summed E-state index contributed by atoms with van der Waals surface area (Å²) in [5.74, 6) is 0.376. The lowest BCUT2D eigenvalue weighted by Crippen LogP contribution is -2.03. The fourth-order valence-corrected chi connectivity index (χ4v) is 1.12. The topological polar surface area (TPSA) is 61.0 Å². The van der Waals surface area contributed by atoms with E-state index < -0.39 is 0 Å². The van der Waals surface area contributed by atoms with E-state index in [9.17, 15) is 0 Å². The first-order valence-electron chi connectivity index (χ1n) is 4.65. The summed E-state index contributed by atoms with van der Waals surface area (Å²) in [4.78, 5) is 7.61. The first-order chi connectivity index (χ1) is 6.74. The van der Waals surface area contributed by atoms with Crippen LogP contribution < -0.4 is 10.5 Å². The van der Waals surface area contributed by atoms with E-state index in [1.807, 2.05) is 0 Å². The van der Waals surface area contributed by atoms with Crippen molar-refractivity contribution in [1.29, 1.82) is 0 Å². The van der Waals surface area contributed by atoms with E-state index in [1.165, 1.54) is 6.20 Å². The van der Waals surface area contributed by atoms with Crippen molar-refractivity contribution in [2.75, 3.05) is 12.3 Å². The Morgan fingerprint density at radius 2 is 2.29 bits per heavy atom. The van der Waals surface area contributed by atoms with Gasteiger partial charge >= 0.3 is 0 Å². The molecule has 78 valence electrons. The van der Waals surface area contributed by atoms with Crippen LogP contribution in [0.3, 0.4) is 0 Å². The van der Waals surface area contributed by atoms with Crippen LogP contribution in [-0.4, -0.2) is 16.6 Å². The number of anilines is 1. The summed E-state index contributed by atoms with van der Waals surface area (Å²) >= 11 is 5.60. The highest BCUT2D eigenvalue weighted by Gasteiger charge is 2.03. The predicted molar refractivity (Wildman–Crippen MR) is 56.5 cm³/mol.